The Morgan fingerprint density at radius 1 is 1.45 bits per heavy atom. The van der Waals surface area contributed by atoms with Gasteiger partial charge in [-0.15, -0.1) is 0 Å². The molecular formula is C14H25BNO4VW-. The second kappa shape index (κ2) is 17.6. The van der Waals surface area contributed by atoms with Crippen molar-refractivity contribution in [3.8, 4) is 0 Å². The third-order valence-electron chi connectivity index (χ3n) is 2.68. The number of hydrogen-bond acceptors (Lipinski definition) is 4. The summed E-state index contributed by atoms with van der Waals surface area (Å²) >= 11 is 0. The average Bonchev–Trinajstić information content (AvgIpc) is 2.69. The van der Waals surface area contributed by atoms with Gasteiger partial charge in [0.15, 0.2) is 5.91 Å². The van der Waals surface area contributed by atoms with Crippen LogP contribution >= 0.6 is 0 Å². The molecule has 3 unspecified atom stereocenters. The molecule has 0 saturated heterocycles. The number of amides is 1. The van der Waals surface area contributed by atoms with E-state index in [0.717, 1.165) is 6.42 Å². The molecule has 1 amide bonds. The third-order valence-corrected chi connectivity index (χ3v) is 2.68. The van der Waals surface area contributed by atoms with Gasteiger partial charge in [-0.1, -0.05) is 13.3 Å². The molecule has 0 spiro atoms. The summed E-state index contributed by atoms with van der Waals surface area (Å²) in [5, 5.41) is 2.23. The van der Waals surface area contributed by atoms with E-state index in [4.69, 9.17) is 17.3 Å². The molecule has 1 fully saturated rings. The van der Waals surface area contributed by atoms with Gasteiger partial charge in [0.1, 0.15) is 0 Å². The van der Waals surface area contributed by atoms with Crippen LogP contribution in [0.2, 0.25) is 5.82 Å². The molecule has 1 aliphatic rings. The van der Waals surface area contributed by atoms with Gasteiger partial charge in [0.05, 0.1) is 0 Å². The van der Waals surface area contributed by atoms with E-state index in [2.05, 4.69) is 12.4 Å². The van der Waals surface area contributed by atoms with Crippen LogP contribution in [0.15, 0.2) is 0 Å². The van der Waals surface area contributed by atoms with Crippen LogP contribution in [0.5, 0.6) is 0 Å². The molecule has 1 N–H and O–H groups in total. The fraction of sp³-hybridized carbons (Fsp3) is 0.643. The summed E-state index contributed by atoms with van der Waals surface area (Å²) < 4.78 is 10.1. The maximum Gasteiger partial charge on any atom is 2.00 e. The third kappa shape index (κ3) is 13.9. The number of esters is 1. The van der Waals surface area contributed by atoms with E-state index in [-0.39, 0.29) is 76.8 Å². The second-order valence-electron chi connectivity index (χ2n) is 4.33. The van der Waals surface area contributed by atoms with Crippen molar-refractivity contribution in [1.29, 1.82) is 0 Å². The van der Waals surface area contributed by atoms with Crippen molar-refractivity contribution in [3.63, 3.8) is 0 Å². The Kier molecular flexibility index (Phi) is 24.1. The normalized spacial score (nSPS) is 21.7. The number of nitrogens with one attached hydrogen (secondary N) is 1. The van der Waals surface area contributed by atoms with Crippen molar-refractivity contribution in [2.24, 2.45) is 5.92 Å². The summed E-state index contributed by atoms with van der Waals surface area (Å²) in [6.07, 6.45) is 3.04. The number of carbonyl (C=O) groups excluding carboxylic acids is 2. The number of methoxy groups -OCH3 is 1. The molecule has 0 bridgehead atoms. The number of ether oxygens (including phenoxy) is 2. The number of hydrogen-bond donors (Lipinski definition) is 1. The van der Waals surface area contributed by atoms with Crippen molar-refractivity contribution in [3.05, 3.63) is 20.9 Å². The molecule has 1 rings (SSSR count). The molecule has 0 heterocycles. The quantitative estimate of drug-likeness (QED) is 0.349. The van der Waals surface area contributed by atoms with Gasteiger partial charge in [0, 0.05) is 56.0 Å². The van der Waals surface area contributed by atoms with E-state index in [1.165, 1.54) is 6.92 Å². The van der Waals surface area contributed by atoms with Gasteiger partial charge >= 0.3 is 18.6 Å². The summed E-state index contributed by atoms with van der Waals surface area (Å²) in [6, 6.07) is 0. The van der Waals surface area contributed by atoms with Crippen molar-refractivity contribution in [2.45, 2.75) is 38.6 Å². The molecule has 5 nitrogen and oxygen atoms in total. The van der Waals surface area contributed by atoms with E-state index in [1.807, 2.05) is 6.42 Å². The zero-order valence-corrected chi connectivity index (χ0v) is 18.0. The fourth-order valence-electron chi connectivity index (χ4n) is 1.79. The number of rotatable bonds is 4. The SMILES string of the molecule is [B]C1[CH-]C(OC(C)=O)C(COC)C1.[CH2-]NC(=O)CC.[CH3-].[V+2].[W]. The van der Waals surface area contributed by atoms with Crippen molar-refractivity contribution >= 4 is 19.7 Å². The molecular weight excluding hydrogens is 492 g/mol. The van der Waals surface area contributed by atoms with Crippen LogP contribution < -0.4 is 5.32 Å². The van der Waals surface area contributed by atoms with E-state index in [9.17, 15) is 9.59 Å². The summed E-state index contributed by atoms with van der Waals surface area (Å²) in [5.74, 6) is -0.0557. The Balaban J connectivity index is -0.000000158. The average molecular weight is 517 g/mol. The van der Waals surface area contributed by atoms with Gasteiger partial charge in [-0.3, -0.25) is 23.1 Å². The summed E-state index contributed by atoms with van der Waals surface area (Å²) in [5.41, 5.74) is 0. The first-order valence-corrected chi connectivity index (χ1v) is 6.27. The molecule has 8 heteroatoms. The van der Waals surface area contributed by atoms with Gasteiger partial charge in [-0.2, -0.15) is 5.82 Å². The van der Waals surface area contributed by atoms with Crippen LogP contribution in [0.25, 0.3) is 0 Å². The first-order chi connectivity index (χ1) is 8.94. The predicted molar refractivity (Wildman–Crippen MR) is 79.5 cm³/mol. The summed E-state index contributed by atoms with van der Waals surface area (Å²) in [6.45, 7) is 3.77. The van der Waals surface area contributed by atoms with Crippen molar-refractivity contribution < 1.29 is 58.7 Å². The minimum atomic E-state index is -0.267. The molecule has 1 saturated carbocycles. The minimum absolute atomic E-state index is 0. The molecule has 1 aliphatic carbocycles. The predicted octanol–water partition coefficient (Wildman–Crippen LogP) is 1.50. The second-order valence-corrected chi connectivity index (χ2v) is 4.33. The van der Waals surface area contributed by atoms with Gasteiger partial charge in [0.25, 0.3) is 5.97 Å². The minimum Gasteiger partial charge on any atom is -0.508 e. The Morgan fingerprint density at radius 2 is 2.00 bits per heavy atom. The van der Waals surface area contributed by atoms with Crippen LogP contribution in [0.3, 0.4) is 0 Å². The largest absolute Gasteiger partial charge is 2.00 e. The van der Waals surface area contributed by atoms with Crippen LogP contribution in [-0.4, -0.2) is 39.5 Å². The van der Waals surface area contributed by atoms with Gasteiger partial charge in [-0.05, 0) is 12.0 Å². The Labute approximate surface area is 162 Å². The number of carbonyl (C=O) groups is 2. The van der Waals surface area contributed by atoms with Gasteiger partial charge < -0.3 is 22.2 Å². The molecule has 0 aromatic heterocycles. The Bertz CT molecular complexity index is 292. The monoisotopic (exact) mass is 517 g/mol. The Hall–Kier alpha value is 0.238. The van der Waals surface area contributed by atoms with Crippen LogP contribution in [0.4, 0.5) is 0 Å². The van der Waals surface area contributed by atoms with Crippen LogP contribution in [0.1, 0.15) is 26.7 Å². The van der Waals surface area contributed by atoms with E-state index >= 15 is 0 Å². The van der Waals surface area contributed by atoms with Gasteiger partial charge in [-0.25, -0.2) is 0 Å². The molecule has 22 heavy (non-hydrogen) atoms. The van der Waals surface area contributed by atoms with Crippen LogP contribution in [-0.2, 0) is 58.7 Å². The summed E-state index contributed by atoms with van der Waals surface area (Å²) in [4.78, 5) is 20.7. The summed E-state index contributed by atoms with van der Waals surface area (Å²) in [7, 11) is 10.5. The van der Waals surface area contributed by atoms with E-state index in [0.29, 0.717) is 13.0 Å². The van der Waals surface area contributed by atoms with E-state index < -0.39 is 0 Å². The maximum atomic E-state index is 10.7. The molecule has 0 aromatic carbocycles. The first kappa shape index (κ1) is 30.2. The smallest absolute Gasteiger partial charge is 0.508 e. The molecule has 125 valence electrons. The molecule has 3 atom stereocenters. The molecule has 0 aliphatic heterocycles. The maximum absolute atomic E-state index is 10.7. The molecule has 0 aromatic rings. The first-order valence-electron chi connectivity index (χ1n) is 6.27. The van der Waals surface area contributed by atoms with E-state index in [1.54, 1.807) is 14.0 Å². The standard InChI is InChI=1S/C9H14BO3.C4H8NO.CH3.V.W/c1-6(11)13-9-4-8(10)3-7(9)5-12-2;1-3-4(6)5-2;;;/h4,7-9H,3,5H2,1-2H3;2-3H2,1H3,(H,5,6);1H3;;/q3*-1;+2;. The fourth-order valence-corrected chi connectivity index (χ4v) is 1.79. The molecule has 3 radical (unpaired) electrons. The zero-order chi connectivity index (χ0) is 14.8. The topological polar surface area (TPSA) is 64.6 Å². The Morgan fingerprint density at radius 3 is 2.32 bits per heavy atom. The van der Waals surface area contributed by atoms with Gasteiger partial charge in [0.2, 0.25) is 0 Å². The van der Waals surface area contributed by atoms with Crippen LogP contribution in [0, 0.1) is 26.8 Å². The zero-order valence-electron chi connectivity index (χ0n) is 13.7. The van der Waals surface area contributed by atoms with Crippen molar-refractivity contribution in [2.75, 3.05) is 13.7 Å². The van der Waals surface area contributed by atoms with Crippen molar-refractivity contribution in [1.82, 2.24) is 5.32 Å².